The highest BCUT2D eigenvalue weighted by atomic mass is 19.4. The van der Waals surface area contributed by atoms with Gasteiger partial charge >= 0.3 is 6.18 Å². The van der Waals surface area contributed by atoms with Crippen molar-refractivity contribution in [3.63, 3.8) is 0 Å². The first-order chi connectivity index (χ1) is 9.11. The fourth-order valence-electron chi connectivity index (χ4n) is 1.68. The van der Waals surface area contributed by atoms with E-state index in [4.69, 9.17) is 0 Å². The van der Waals surface area contributed by atoms with Gasteiger partial charge in [-0.1, -0.05) is 6.07 Å². The first-order valence-corrected chi connectivity index (χ1v) is 5.86. The molecule has 20 heavy (non-hydrogen) atoms. The van der Waals surface area contributed by atoms with E-state index in [2.05, 4.69) is 0 Å². The van der Waals surface area contributed by atoms with E-state index in [-0.39, 0.29) is 17.9 Å². The monoisotopic (exact) mass is 292 g/mol. The minimum atomic E-state index is -4.32. The number of benzene rings is 1. The van der Waals surface area contributed by atoms with Crippen LogP contribution in [0, 0.1) is 10.1 Å². The molecule has 1 aromatic carbocycles. The molecular weight excluding hydrogens is 277 g/mol. The second-order valence-corrected chi connectivity index (χ2v) is 4.47. The van der Waals surface area contributed by atoms with E-state index in [0.29, 0.717) is 5.56 Å². The minimum absolute atomic E-state index is 0.0867. The smallest absolute Gasteiger partial charge is 0.389 e. The van der Waals surface area contributed by atoms with E-state index >= 15 is 0 Å². The van der Waals surface area contributed by atoms with Crippen LogP contribution in [0.3, 0.4) is 0 Å². The molecule has 0 saturated heterocycles. The maximum Gasteiger partial charge on any atom is 0.390 e. The third-order valence-electron chi connectivity index (χ3n) is 2.82. The molecule has 112 valence electrons. The second kappa shape index (κ2) is 6.08. The third kappa shape index (κ3) is 4.37. The van der Waals surface area contributed by atoms with Crippen molar-refractivity contribution in [1.29, 1.82) is 0 Å². The van der Waals surface area contributed by atoms with Gasteiger partial charge in [-0.25, -0.2) is 0 Å². The van der Waals surface area contributed by atoms with E-state index in [1.165, 1.54) is 37.1 Å². The number of anilines is 1. The molecular formula is C12H15F3N2O3. The number of alkyl halides is 3. The van der Waals surface area contributed by atoms with Gasteiger partial charge in [0.15, 0.2) is 0 Å². The van der Waals surface area contributed by atoms with Crippen LogP contribution in [0.4, 0.5) is 24.5 Å². The summed E-state index contributed by atoms with van der Waals surface area (Å²) in [5, 5.41) is 20.4. The van der Waals surface area contributed by atoms with Gasteiger partial charge in [0.1, 0.15) is 5.69 Å². The van der Waals surface area contributed by atoms with E-state index in [0.717, 1.165) is 0 Å². The number of nitro benzene ring substituents is 1. The number of nitro groups is 1. The molecule has 1 N–H and O–H groups in total. The van der Waals surface area contributed by atoms with Crippen LogP contribution in [0.1, 0.15) is 25.0 Å². The van der Waals surface area contributed by atoms with Crippen LogP contribution < -0.4 is 4.90 Å². The van der Waals surface area contributed by atoms with Gasteiger partial charge in [0.2, 0.25) is 0 Å². The van der Waals surface area contributed by atoms with Crippen LogP contribution >= 0.6 is 0 Å². The summed E-state index contributed by atoms with van der Waals surface area (Å²) in [7, 11) is 1.36. The zero-order valence-corrected chi connectivity index (χ0v) is 11.0. The molecule has 0 fully saturated rings. The Morgan fingerprint density at radius 3 is 2.50 bits per heavy atom. The summed E-state index contributed by atoms with van der Waals surface area (Å²) < 4.78 is 36.5. The van der Waals surface area contributed by atoms with Crippen LogP contribution in [-0.2, 0) is 0 Å². The highest BCUT2D eigenvalue weighted by Crippen LogP contribution is 2.31. The number of halogens is 3. The van der Waals surface area contributed by atoms with Gasteiger partial charge in [-0.15, -0.1) is 0 Å². The van der Waals surface area contributed by atoms with Crippen LogP contribution in [0.2, 0.25) is 0 Å². The summed E-state index contributed by atoms with van der Waals surface area (Å²) in [5.74, 6) is 0. The molecule has 0 heterocycles. The van der Waals surface area contributed by atoms with Crippen molar-refractivity contribution < 1.29 is 23.2 Å². The van der Waals surface area contributed by atoms with Crippen molar-refractivity contribution in [3.05, 3.63) is 33.9 Å². The number of aliphatic hydroxyl groups is 1. The van der Waals surface area contributed by atoms with Gasteiger partial charge in [-0.2, -0.15) is 13.2 Å². The number of rotatable bonds is 5. The first-order valence-electron chi connectivity index (χ1n) is 5.86. The second-order valence-electron chi connectivity index (χ2n) is 4.47. The van der Waals surface area contributed by atoms with E-state index in [1.54, 1.807) is 0 Å². The predicted octanol–water partition coefficient (Wildman–Crippen LogP) is 3.04. The Balaban J connectivity index is 3.02. The van der Waals surface area contributed by atoms with Gasteiger partial charge in [-0.05, 0) is 18.6 Å². The topological polar surface area (TPSA) is 66.6 Å². The molecule has 0 spiro atoms. The molecule has 5 nitrogen and oxygen atoms in total. The quantitative estimate of drug-likeness (QED) is 0.669. The van der Waals surface area contributed by atoms with Crippen molar-refractivity contribution in [1.82, 2.24) is 0 Å². The zero-order chi connectivity index (χ0) is 15.5. The average molecular weight is 292 g/mol. The van der Waals surface area contributed by atoms with E-state index in [9.17, 15) is 28.4 Å². The Morgan fingerprint density at radius 2 is 2.05 bits per heavy atom. The lowest BCUT2D eigenvalue weighted by atomic mass is 10.1. The van der Waals surface area contributed by atoms with Crippen molar-refractivity contribution in [3.8, 4) is 0 Å². The van der Waals surface area contributed by atoms with Gasteiger partial charge in [0, 0.05) is 19.7 Å². The molecule has 1 rings (SSSR count). The number of hydrogen-bond acceptors (Lipinski definition) is 4. The summed E-state index contributed by atoms with van der Waals surface area (Å²) in [6.45, 7) is 1.07. The summed E-state index contributed by atoms with van der Waals surface area (Å²) in [4.78, 5) is 11.5. The lowest BCUT2D eigenvalue weighted by Gasteiger charge is -2.20. The van der Waals surface area contributed by atoms with Crippen LogP contribution in [0.5, 0.6) is 0 Å². The molecule has 1 aromatic rings. The van der Waals surface area contributed by atoms with Crippen molar-refractivity contribution in [2.45, 2.75) is 25.6 Å². The Bertz CT molecular complexity index is 489. The van der Waals surface area contributed by atoms with Gasteiger partial charge < -0.3 is 10.0 Å². The molecule has 0 aliphatic rings. The lowest BCUT2D eigenvalue weighted by Crippen LogP contribution is -2.24. The molecule has 8 heteroatoms. The SMILES string of the molecule is CC(O)c1ccc(N(C)CCC(F)(F)F)c([N+](=O)[O-])c1. The molecule has 1 atom stereocenters. The Labute approximate surface area is 113 Å². The van der Waals surface area contributed by atoms with Crippen LogP contribution in [0.15, 0.2) is 18.2 Å². The van der Waals surface area contributed by atoms with Gasteiger partial charge in [0.25, 0.3) is 5.69 Å². The van der Waals surface area contributed by atoms with Gasteiger partial charge in [0.05, 0.1) is 17.4 Å². The normalized spacial score (nSPS) is 13.1. The molecule has 0 saturated carbocycles. The maximum absolute atomic E-state index is 12.2. The fourth-order valence-corrected chi connectivity index (χ4v) is 1.68. The fraction of sp³-hybridized carbons (Fsp3) is 0.500. The van der Waals surface area contributed by atoms with Crippen molar-refractivity contribution >= 4 is 11.4 Å². The van der Waals surface area contributed by atoms with E-state index < -0.39 is 23.6 Å². The Morgan fingerprint density at radius 1 is 1.45 bits per heavy atom. The highest BCUT2D eigenvalue weighted by Gasteiger charge is 2.28. The molecule has 1 unspecified atom stereocenters. The molecule has 0 amide bonds. The molecule has 0 radical (unpaired) electrons. The Kier molecular flexibility index (Phi) is 4.93. The number of hydrogen-bond donors (Lipinski definition) is 1. The summed E-state index contributed by atoms with van der Waals surface area (Å²) in [6, 6.07) is 3.97. The largest absolute Gasteiger partial charge is 0.390 e. The third-order valence-corrected chi connectivity index (χ3v) is 2.82. The van der Waals surface area contributed by atoms with E-state index in [1.807, 2.05) is 0 Å². The Hall–Kier alpha value is -1.83. The molecule has 0 aliphatic carbocycles. The first kappa shape index (κ1) is 16.2. The maximum atomic E-state index is 12.2. The molecule has 0 aromatic heterocycles. The number of nitrogens with zero attached hydrogens (tertiary/aromatic N) is 2. The standard InChI is InChI=1S/C12H15F3N2O3/c1-8(18)9-3-4-10(11(7-9)17(19)20)16(2)6-5-12(13,14)15/h3-4,7-8,18H,5-6H2,1-2H3. The van der Waals surface area contributed by atoms with Crippen molar-refractivity contribution in [2.75, 3.05) is 18.5 Å². The molecule has 0 bridgehead atoms. The molecule has 0 aliphatic heterocycles. The summed E-state index contributed by atoms with van der Waals surface area (Å²) in [5.41, 5.74) is 0.0985. The number of aliphatic hydroxyl groups excluding tert-OH is 1. The minimum Gasteiger partial charge on any atom is -0.389 e. The van der Waals surface area contributed by atoms with Crippen molar-refractivity contribution in [2.24, 2.45) is 0 Å². The summed E-state index contributed by atoms with van der Waals surface area (Å²) in [6.07, 6.45) is -6.26. The predicted molar refractivity (Wildman–Crippen MR) is 67.7 cm³/mol. The van der Waals surface area contributed by atoms with Gasteiger partial charge in [-0.3, -0.25) is 10.1 Å². The summed E-state index contributed by atoms with van der Waals surface area (Å²) >= 11 is 0. The van der Waals surface area contributed by atoms with Crippen LogP contribution in [-0.4, -0.2) is 29.8 Å². The lowest BCUT2D eigenvalue weighted by molar-refractivity contribution is -0.384. The van der Waals surface area contributed by atoms with Crippen LogP contribution in [0.25, 0.3) is 0 Å². The average Bonchev–Trinajstić information content (AvgIpc) is 2.34. The highest BCUT2D eigenvalue weighted by molar-refractivity contribution is 5.64. The zero-order valence-electron chi connectivity index (χ0n) is 11.0.